The second-order valence-electron chi connectivity index (χ2n) is 20.1. The van der Waals surface area contributed by atoms with E-state index in [9.17, 15) is 14.4 Å². The summed E-state index contributed by atoms with van der Waals surface area (Å²) in [6.45, 7) is 14.7. The number of nitrogens with zero attached hydrogens (tertiary/aromatic N) is 9. The second-order valence-corrected chi connectivity index (χ2v) is 21.7. The van der Waals surface area contributed by atoms with Crippen LogP contribution in [0.5, 0.6) is 5.75 Å². The minimum atomic E-state index is -0.610. The van der Waals surface area contributed by atoms with Crippen molar-refractivity contribution in [2.24, 2.45) is 23.9 Å². The Hall–Kier alpha value is -6.91. The first-order valence-corrected chi connectivity index (χ1v) is 25.9. The van der Waals surface area contributed by atoms with Gasteiger partial charge in [0.05, 0.1) is 24.4 Å². The van der Waals surface area contributed by atoms with Gasteiger partial charge in [-0.15, -0.1) is 21.5 Å². The summed E-state index contributed by atoms with van der Waals surface area (Å²) in [6, 6.07) is 21.5. The van der Waals surface area contributed by atoms with Gasteiger partial charge in [-0.05, 0) is 86.9 Å². The number of aromatic nitrogens is 7. The predicted octanol–water partition coefficient (Wildman–Crippen LogP) is 9.49. The van der Waals surface area contributed by atoms with E-state index in [0.29, 0.717) is 42.4 Å². The van der Waals surface area contributed by atoms with Crippen LogP contribution in [0.1, 0.15) is 110 Å². The number of carbonyl (C=O) groups excluding carboxylic acids is 3. The number of benzene rings is 3. The van der Waals surface area contributed by atoms with Crippen molar-refractivity contribution >= 4 is 46.4 Å². The van der Waals surface area contributed by atoms with Crippen LogP contribution < -0.4 is 15.4 Å². The van der Waals surface area contributed by atoms with Crippen LogP contribution in [0.25, 0.3) is 27.5 Å². The molecular weight excluding hydrogens is 946 g/mol. The van der Waals surface area contributed by atoms with E-state index in [2.05, 4.69) is 51.2 Å². The third kappa shape index (κ3) is 9.61. The van der Waals surface area contributed by atoms with Crippen molar-refractivity contribution in [2.75, 3.05) is 6.54 Å². The van der Waals surface area contributed by atoms with Crippen molar-refractivity contribution in [3.63, 3.8) is 0 Å². The predicted molar refractivity (Wildman–Crippen MR) is 279 cm³/mol. The summed E-state index contributed by atoms with van der Waals surface area (Å²) in [7, 11) is 1.96. The summed E-state index contributed by atoms with van der Waals surface area (Å²) in [6.07, 6.45) is 9.30. The van der Waals surface area contributed by atoms with Gasteiger partial charge in [0.25, 0.3) is 0 Å². The first-order valence-electron chi connectivity index (χ1n) is 24.8. The molecule has 2 fully saturated rings. The third-order valence-corrected chi connectivity index (χ3v) is 15.8. The van der Waals surface area contributed by atoms with Crippen LogP contribution in [0.4, 0.5) is 0 Å². The van der Waals surface area contributed by atoms with Gasteiger partial charge >= 0.3 is 0 Å². The number of thiophene rings is 1. The Balaban J connectivity index is 0.762. The van der Waals surface area contributed by atoms with E-state index in [0.717, 1.165) is 61.3 Å². The molecule has 3 aliphatic rings. The van der Waals surface area contributed by atoms with E-state index in [1.54, 1.807) is 33.3 Å². The zero-order valence-electron chi connectivity index (χ0n) is 41.8. The second kappa shape index (κ2) is 19.9. The molecule has 0 spiro atoms. The number of amides is 3. The quantitative estimate of drug-likeness (QED) is 0.109. The van der Waals surface area contributed by atoms with Gasteiger partial charge in [0.1, 0.15) is 46.6 Å². The molecule has 6 heterocycles. The number of imidazole rings is 1. The van der Waals surface area contributed by atoms with Crippen molar-refractivity contribution in [2.45, 2.75) is 110 Å². The number of carbonyl (C=O) groups is 3. The lowest BCUT2D eigenvalue weighted by atomic mass is 9.89. The maximum atomic E-state index is 14.5. The monoisotopic (exact) mass is 1010 g/mol. The maximum Gasteiger partial charge on any atom is 0.248 e. The summed E-state index contributed by atoms with van der Waals surface area (Å²) in [5, 5.41) is 21.8. The lowest BCUT2D eigenvalue weighted by molar-refractivity contribution is -0.142. The fraction of sp³-hybridized carbons (Fsp3) is 0.382. The highest BCUT2D eigenvalue weighted by Gasteiger charge is 2.42. The molecule has 5 atom stereocenters. The fourth-order valence-electron chi connectivity index (χ4n) is 10.3. The summed E-state index contributed by atoms with van der Waals surface area (Å²) < 4.78 is 12.2. The number of nitrogens with one attached hydrogen (secondary N) is 2. The Morgan fingerprint density at radius 2 is 1.67 bits per heavy atom. The van der Waals surface area contributed by atoms with Crippen molar-refractivity contribution < 1.29 is 19.1 Å². The number of aliphatic imine (C=N–C) groups is 1. The molecular formula is C55H60ClN11O4S. The highest BCUT2D eigenvalue weighted by Crippen LogP contribution is 2.40. The van der Waals surface area contributed by atoms with Crippen LogP contribution >= 0.6 is 22.9 Å². The lowest BCUT2D eigenvalue weighted by Gasteiger charge is -2.36. The molecule has 1 aliphatic carbocycles. The van der Waals surface area contributed by atoms with E-state index < -0.39 is 18.1 Å². The molecule has 3 amide bonds. The average molecular weight is 1010 g/mol. The maximum absolute atomic E-state index is 14.5. The van der Waals surface area contributed by atoms with Gasteiger partial charge in [-0.2, -0.15) is 5.10 Å². The molecule has 2 N–H and O–H groups in total. The van der Waals surface area contributed by atoms with E-state index in [1.165, 1.54) is 4.88 Å². The Bertz CT molecular complexity index is 3180. The molecule has 3 aromatic carbocycles. The SMILES string of the molecule is Cc1sc2c(c1C)C(c1ccc(Cl)cc1)=N[C@@H](CC(=O)NC1CC(Oc3cccc(-c4cnn([C@H](C(=O)N5C[C@H](C)C[C@H]5C(=O)N[C@@H](C)c5ccc(-c6nccn6C)cc5)C(C)C)c4)c3)C1)c1nnc(C)n1-2. The Labute approximate surface area is 428 Å². The van der Waals surface area contributed by atoms with Gasteiger partial charge in [0.2, 0.25) is 17.7 Å². The number of fused-ring (bicyclic) bond motifs is 3. The molecule has 17 heteroatoms. The van der Waals surface area contributed by atoms with Crippen molar-refractivity contribution in [1.82, 2.24) is 49.6 Å². The highest BCUT2D eigenvalue weighted by molar-refractivity contribution is 7.15. The minimum Gasteiger partial charge on any atom is -0.490 e. The van der Waals surface area contributed by atoms with Gasteiger partial charge < -0.3 is 24.8 Å². The largest absolute Gasteiger partial charge is 0.490 e. The molecule has 2 aliphatic heterocycles. The number of likely N-dealkylation sites (tertiary alicyclic amines) is 1. The topological polar surface area (TPSA) is 166 Å². The van der Waals surface area contributed by atoms with Crippen molar-refractivity contribution in [3.05, 3.63) is 141 Å². The van der Waals surface area contributed by atoms with E-state index in [-0.39, 0.29) is 54.2 Å². The van der Waals surface area contributed by atoms with E-state index >= 15 is 0 Å². The highest BCUT2D eigenvalue weighted by atomic mass is 35.5. The van der Waals surface area contributed by atoms with Crippen LogP contribution in [0, 0.1) is 32.6 Å². The molecule has 1 saturated carbocycles. The molecule has 72 heavy (non-hydrogen) atoms. The molecule has 10 rings (SSSR count). The van der Waals surface area contributed by atoms with Crippen LogP contribution in [0.2, 0.25) is 5.02 Å². The Morgan fingerprint density at radius 3 is 2.39 bits per heavy atom. The number of halogens is 1. The van der Waals surface area contributed by atoms with Gasteiger partial charge in [-0.25, -0.2) is 4.98 Å². The zero-order valence-corrected chi connectivity index (χ0v) is 43.4. The minimum absolute atomic E-state index is 0.0471. The van der Waals surface area contributed by atoms with Gasteiger partial charge in [-0.3, -0.25) is 28.6 Å². The van der Waals surface area contributed by atoms with E-state index in [1.807, 2.05) is 124 Å². The van der Waals surface area contributed by atoms with Crippen molar-refractivity contribution in [3.8, 4) is 33.3 Å². The molecule has 0 radical (unpaired) electrons. The van der Waals surface area contributed by atoms with Gasteiger partial charge in [0.15, 0.2) is 5.82 Å². The molecule has 15 nitrogen and oxygen atoms in total. The number of aryl methyl sites for hydroxylation is 3. The summed E-state index contributed by atoms with van der Waals surface area (Å²) in [5.41, 5.74) is 7.60. The molecule has 0 bridgehead atoms. The normalized spacial score (nSPS) is 20.2. The van der Waals surface area contributed by atoms with Crippen LogP contribution in [-0.2, 0) is 21.4 Å². The molecule has 7 aromatic rings. The molecule has 4 aromatic heterocycles. The number of ether oxygens (including phenoxy) is 1. The first kappa shape index (κ1) is 48.7. The molecule has 372 valence electrons. The molecule has 1 saturated heterocycles. The van der Waals surface area contributed by atoms with Crippen molar-refractivity contribution in [1.29, 1.82) is 0 Å². The standard InChI is InChI=1S/C55H60ClN11O4S/c1-30(2)50(54(70)65-28-31(3)22-46(65)53(69)59-33(5)36-12-14-38(15-13-36)51-57-20-21-64(51)8)66-29-40(27-58-66)39-10-9-11-43(23-39)71-44-24-42(25-44)60-47(68)26-45-52-63-62-35(7)67(52)55-48(32(4)34(6)72-55)49(61-45)37-16-18-41(56)19-17-37/h9-21,23,27,29-31,33,42,44-46,50H,22,24-26,28H2,1-8H3,(H,59,69)(H,60,68)/t31-,33+,42?,44?,45+,46+,50+/m1/s1. The summed E-state index contributed by atoms with van der Waals surface area (Å²) in [5.74, 6) is 2.64. The number of hydrogen-bond donors (Lipinski definition) is 2. The van der Waals surface area contributed by atoms with E-state index in [4.69, 9.17) is 26.4 Å². The fourth-order valence-corrected chi connectivity index (χ4v) is 11.7. The Morgan fingerprint density at radius 1 is 0.917 bits per heavy atom. The van der Waals surface area contributed by atoms with Gasteiger partial charge in [0, 0.05) is 83.2 Å². The van der Waals surface area contributed by atoms with Crippen LogP contribution in [0.15, 0.2) is 103 Å². The van der Waals surface area contributed by atoms with Crippen LogP contribution in [0.3, 0.4) is 0 Å². The van der Waals surface area contributed by atoms with Gasteiger partial charge in [-0.1, -0.05) is 80.9 Å². The summed E-state index contributed by atoms with van der Waals surface area (Å²) in [4.78, 5) is 54.9. The average Bonchev–Trinajstić information content (AvgIpc) is 4.19. The smallest absolute Gasteiger partial charge is 0.248 e. The number of rotatable bonds is 14. The Kier molecular flexibility index (Phi) is 13.5. The third-order valence-electron chi connectivity index (χ3n) is 14.4. The molecule has 0 unspecified atom stereocenters. The zero-order chi connectivity index (χ0) is 50.5. The lowest BCUT2D eigenvalue weighted by Crippen LogP contribution is -2.49. The summed E-state index contributed by atoms with van der Waals surface area (Å²) >= 11 is 7.97. The number of hydrogen-bond acceptors (Lipinski definition) is 10. The van der Waals surface area contributed by atoms with Crippen LogP contribution in [-0.4, -0.2) is 87.2 Å². The first-order chi connectivity index (χ1) is 34.6.